The number of aromatic amines is 1. The van der Waals surface area contributed by atoms with E-state index in [1.165, 1.54) is 23.2 Å². The van der Waals surface area contributed by atoms with E-state index in [0.717, 1.165) is 10.9 Å². The molecule has 0 spiro atoms. The number of carboxylic acid groups (broad SMARTS) is 1. The summed E-state index contributed by atoms with van der Waals surface area (Å²) in [5.41, 5.74) is 1.23. The molecule has 1 amide bonds. The summed E-state index contributed by atoms with van der Waals surface area (Å²) in [5, 5.41) is 10.4. The van der Waals surface area contributed by atoms with E-state index in [1.807, 2.05) is 48.5 Å². The van der Waals surface area contributed by atoms with Crippen molar-refractivity contribution in [2.75, 3.05) is 4.90 Å². The van der Waals surface area contributed by atoms with Crippen LogP contribution in [0.1, 0.15) is 20.8 Å². The highest BCUT2D eigenvalue weighted by Crippen LogP contribution is 2.30. The van der Waals surface area contributed by atoms with E-state index in [2.05, 4.69) is 9.97 Å². The molecule has 0 saturated heterocycles. The number of H-pyrrole nitrogens is 1. The SMILES string of the molecule is O=C(O)c1cccnc1C(=O)N(c1ccccc1)c1cc2ccccc2[nH]1. The Labute approximate surface area is 154 Å². The fourth-order valence-electron chi connectivity index (χ4n) is 2.98. The van der Waals surface area contributed by atoms with Gasteiger partial charge in [0.2, 0.25) is 0 Å². The number of nitrogens with one attached hydrogen (secondary N) is 1. The lowest BCUT2D eigenvalue weighted by molar-refractivity contribution is 0.0691. The molecule has 27 heavy (non-hydrogen) atoms. The van der Waals surface area contributed by atoms with Crippen LogP contribution in [0, 0.1) is 0 Å². The number of amides is 1. The Morgan fingerprint density at radius 3 is 2.41 bits per heavy atom. The number of pyridine rings is 1. The first-order valence-electron chi connectivity index (χ1n) is 8.31. The number of aromatic nitrogens is 2. The molecule has 0 radical (unpaired) electrons. The van der Waals surface area contributed by atoms with Gasteiger partial charge in [0.05, 0.1) is 11.3 Å². The smallest absolute Gasteiger partial charge is 0.338 e. The second-order valence-corrected chi connectivity index (χ2v) is 5.92. The molecule has 0 aliphatic rings. The Balaban J connectivity index is 1.89. The normalized spacial score (nSPS) is 10.7. The van der Waals surface area contributed by atoms with Crippen molar-refractivity contribution in [1.82, 2.24) is 9.97 Å². The van der Waals surface area contributed by atoms with Crippen LogP contribution in [0.4, 0.5) is 11.5 Å². The van der Waals surface area contributed by atoms with Crippen LogP contribution in [-0.4, -0.2) is 27.0 Å². The molecule has 2 aromatic heterocycles. The number of para-hydroxylation sites is 2. The highest BCUT2D eigenvalue weighted by molar-refractivity contribution is 6.14. The summed E-state index contributed by atoms with van der Waals surface area (Å²) in [5.74, 6) is -1.18. The van der Waals surface area contributed by atoms with Gasteiger partial charge in [0.1, 0.15) is 11.5 Å². The molecule has 0 aliphatic carbocycles. The van der Waals surface area contributed by atoms with Gasteiger partial charge in [-0.1, -0.05) is 36.4 Å². The number of hydrogen-bond acceptors (Lipinski definition) is 3. The van der Waals surface area contributed by atoms with E-state index >= 15 is 0 Å². The molecule has 0 saturated carbocycles. The Morgan fingerprint density at radius 2 is 1.67 bits per heavy atom. The Bertz CT molecular complexity index is 1100. The molecule has 2 heterocycles. The number of aromatic carboxylic acids is 1. The van der Waals surface area contributed by atoms with Crippen molar-refractivity contribution < 1.29 is 14.7 Å². The van der Waals surface area contributed by atoms with Crippen molar-refractivity contribution in [1.29, 1.82) is 0 Å². The van der Waals surface area contributed by atoms with Crippen LogP contribution in [0.25, 0.3) is 10.9 Å². The third-order valence-electron chi connectivity index (χ3n) is 4.21. The number of carboxylic acids is 1. The molecule has 0 bridgehead atoms. The van der Waals surface area contributed by atoms with Crippen LogP contribution < -0.4 is 4.90 Å². The molecule has 6 nitrogen and oxygen atoms in total. The largest absolute Gasteiger partial charge is 0.478 e. The number of rotatable bonds is 4. The van der Waals surface area contributed by atoms with E-state index in [-0.39, 0.29) is 11.3 Å². The van der Waals surface area contributed by atoms with Crippen molar-refractivity contribution in [3.8, 4) is 0 Å². The molecule has 4 rings (SSSR count). The number of carbonyl (C=O) groups excluding carboxylic acids is 1. The van der Waals surface area contributed by atoms with Crippen LogP contribution in [-0.2, 0) is 0 Å². The summed E-state index contributed by atoms with van der Waals surface area (Å²) in [7, 11) is 0. The topological polar surface area (TPSA) is 86.3 Å². The average molecular weight is 357 g/mol. The molecule has 0 unspecified atom stereocenters. The van der Waals surface area contributed by atoms with Crippen LogP contribution >= 0.6 is 0 Å². The quantitative estimate of drug-likeness (QED) is 0.572. The van der Waals surface area contributed by atoms with E-state index in [1.54, 1.807) is 12.1 Å². The lowest BCUT2D eigenvalue weighted by Gasteiger charge is -2.21. The Hall–Kier alpha value is -3.93. The predicted molar refractivity (Wildman–Crippen MR) is 102 cm³/mol. The van der Waals surface area contributed by atoms with Gasteiger partial charge in [0, 0.05) is 17.1 Å². The van der Waals surface area contributed by atoms with Crippen LogP contribution in [0.3, 0.4) is 0 Å². The highest BCUT2D eigenvalue weighted by atomic mass is 16.4. The Morgan fingerprint density at radius 1 is 0.926 bits per heavy atom. The minimum Gasteiger partial charge on any atom is -0.478 e. The molecule has 2 aromatic carbocycles. The van der Waals surface area contributed by atoms with Crippen LogP contribution in [0.2, 0.25) is 0 Å². The van der Waals surface area contributed by atoms with E-state index in [4.69, 9.17) is 0 Å². The van der Waals surface area contributed by atoms with Gasteiger partial charge in [0.15, 0.2) is 0 Å². The predicted octanol–water partition coefficient (Wildman–Crippen LogP) is 4.24. The first-order valence-corrected chi connectivity index (χ1v) is 8.31. The fraction of sp³-hybridized carbons (Fsp3) is 0. The van der Waals surface area contributed by atoms with Gasteiger partial charge in [0.25, 0.3) is 5.91 Å². The number of fused-ring (bicyclic) bond motifs is 1. The maximum atomic E-state index is 13.3. The summed E-state index contributed by atoms with van der Waals surface area (Å²) in [4.78, 5) is 33.6. The van der Waals surface area contributed by atoms with Crippen molar-refractivity contribution in [3.05, 3.63) is 90.3 Å². The molecule has 0 aliphatic heterocycles. The zero-order valence-corrected chi connectivity index (χ0v) is 14.2. The lowest BCUT2D eigenvalue weighted by Crippen LogP contribution is -2.29. The second-order valence-electron chi connectivity index (χ2n) is 5.92. The molecule has 0 fully saturated rings. The summed E-state index contributed by atoms with van der Waals surface area (Å²) in [6.45, 7) is 0. The first kappa shape index (κ1) is 16.5. The van der Waals surface area contributed by atoms with Crippen molar-refractivity contribution >= 4 is 34.3 Å². The summed E-state index contributed by atoms with van der Waals surface area (Å²) >= 11 is 0. The molecule has 132 valence electrons. The zero-order chi connectivity index (χ0) is 18.8. The molecular formula is C21H15N3O3. The molecule has 0 atom stereocenters. The third kappa shape index (κ3) is 3.04. The summed E-state index contributed by atoms with van der Waals surface area (Å²) in [6, 6.07) is 21.4. The van der Waals surface area contributed by atoms with E-state index in [9.17, 15) is 14.7 Å². The number of nitrogens with zero attached hydrogens (tertiary/aromatic N) is 2. The van der Waals surface area contributed by atoms with Gasteiger partial charge in [-0.05, 0) is 36.4 Å². The molecule has 4 aromatic rings. The van der Waals surface area contributed by atoms with E-state index in [0.29, 0.717) is 11.5 Å². The average Bonchev–Trinajstić information content (AvgIpc) is 3.12. The Kier molecular flexibility index (Phi) is 4.14. The standard InChI is InChI=1S/C21H15N3O3/c25-20(19-16(21(26)27)10-6-12-22-19)24(15-8-2-1-3-9-15)18-13-14-7-4-5-11-17(14)23-18/h1-13,23H,(H,26,27). The summed E-state index contributed by atoms with van der Waals surface area (Å²) < 4.78 is 0. The third-order valence-corrected chi connectivity index (χ3v) is 4.21. The molecule has 6 heteroatoms. The lowest BCUT2D eigenvalue weighted by atomic mass is 10.1. The molecule has 2 N–H and O–H groups in total. The van der Waals surface area contributed by atoms with Gasteiger partial charge < -0.3 is 10.1 Å². The summed E-state index contributed by atoms with van der Waals surface area (Å²) in [6.07, 6.45) is 1.41. The van der Waals surface area contributed by atoms with Crippen molar-refractivity contribution in [2.24, 2.45) is 0 Å². The molecular weight excluding hydrogens is 342 g/mol. The van der Waals surface area contributed by atoms with Crippen molar-refractivity contribution in [3.63, 3.8) is 0 Å². The number of benzene rings is 2. The zero-order valence-electron chi connectivity index (χ0n) is 14.2. The van der Waals surface area contributed by atoms with Crippen LogP contribution in [0.5, 0.6) is 0 Å². The number of anilines is 2. The van der Waals surface area contributed by atoms with Gasteiger partial charge >= 0.3 is 5.97 Å². The van der Waals surface area contributed by atoms with E-state index < -0.39 is 11.9 Å². The van der Waals surface area contributed by atoms with Gasteiger partial charge in [-0.25, -0.2) is 4.79 Å². The van der Waals surface area contributed by atoms with Gasteiger partial charge in [-0.3, -0.25) is 14.7 Å². The number of hydrogen-bond donors (Lipinski definition) is 2. The second kappa shape index (κ2) is 6.76. The first-order chi connectivity index (χ1) is 13.1. The fourth-order valence-corrected chi connectivity index (χ4v) is 2.98. The monoisotopic (exact) mass is 357 g/mol. The van der Waals surface area contributed by atoms with Crippen molar-refractivity contribution in [2.45, 2.75) is 0 Å². The maximum Gasteiger partial charge on any atom is 0.338 e. The minimum absolute atomic E-state index is 0.118. The van der Waals surface area contributed by atoms with Gasteiger partial charge in [-0.2, -0.15) is 0 Å². The number of carbonyl (C=O) groups is 2. The van der Waals surface area contributed by atoms with Crippen LogP contribution in [0.15, 0.2) is 79.0 Å². The highest BCUT2D eigenvalue weighted by Gasteiger charge is 2.26. The minimum atomic E-state index is -1.20. The van der Waals surface area contributed by atoms with Gasteiger partial charge in [-0.15, -0.1) is 0 Å². The maximum absolute atomic E-state index is 13.3.